The molecule has 0 saturated carbocycles. The molecule has 0 aliphatic rings. The van der Waals surface area contributed by atoms with E-state index < -0.39 is 11.5 Å². The summed E-state index contributed by atoms with van der Waals surface area (Å²) in [6, 6.07) is 16.2. The molecule has 2 N–H and O–H groups in total. The van der Waals surface area contributed by atoms with Crippen LogP contribution >= 0.6 is 0 Å². The minimum absolute atomic E-state index is 0.218. The summed E-state index contributed by atoms with van der Waals surface area (Å²) >= 11 is 0. The average molecular weight is 382 g/mol. The molecule has 6 heteroatoms. The molecule has 0 saturated heterocycles. The van der Waals surface area contributed by atoms with Crippen molar-refractivity contribution in [2.45, 2.75) is 32.9 Å². The summed E-state index contributed by atoms with van der Waals surface area (Å²) < 4.78 is 11.2. The molecule has 2 aromatic rings. The number of nitrogens with zero attached hydrogens (tertiary/aromatic N) is 1. The Morgan fingerprint density at radius 2 is 1.93 bits per heavy atom. The van der Waals surface area contributed by atoms with Crippen molar-refractivity contribution >= 4 is 5.91 Å². The van der Waals surface area contributed by atoms with Crippen LogP contribution in [0.3, 0.4) is 0 Å². The molecular weight excluding hydrogens is 356 g/mol. The Morgan fingerprint density at radius 1 is 1.25 bits per heavy atom. The maximum Gasteiger partial charge on any atom is 0.262 e. The molecule has 0 heterocycles. The highest BCUT2D eigenvalue weighted by Crippen LogP contribution is 2.30. The van der Waals surface area contributed by atoms with Crippen molar-refractivity contribution < 1.29 is 19.4 Å². The number of hydrogen-bond donors (Lipinski definition) is 2. The summed E-state index contributed by atoms with van der Waals surface area (Å²) in [5, 5.41) is 21.9. The average Bonchev–Trinajstić information content (AvgIpc) is 2.72. The number of carbonyl (C=O) groups excluding carboxylic acids is 1. The highest BCUT2D eigenvalue weighted by molar-refractivity contribution is 5.82. The Bertz CT molecular complexity index is 843. The fraction of sp³-hybridized carbons (Fsp3) is 0.364. The van der Waals surface area contributed by atoms with Crippen molar-refractivity contribution in [3.05, 3.63) is 59.7 Å². The van der Waals surface area contributed by atoms with Crippen LogP contribution in [0.15, 0.2) is 48.5 Å². The van der Waals surface area contributed by atoms with E-state index >= 15 is 0 Å². The lowest BCUT2D eigenvalue weighted by atomic mass is 9.86. The Labute approximate surface area is 165 Å². The van der Waals surface area contributed by atoms with E-state index in [0.717, 1.165) is 5.56 Å². The number of aliphatic hydroxyl groups excluding tert-OH is 1. The highest BCUT2D eigenvalue weighted by Gasteiger charge is 2.37. The van der Waals surface area contributed by atoms with E-state index in [-0.39, 0.29) is 18.6 Å². The summed E-state index contributed by atoms with van der Waals surface area (Å²) in [5.41, 5.74) is 0.508. The largest absolute Gasteiger partial charge is 0.495 e. The van der Waals surface area contributed by atoms with Gasteiger partial charge in [0.05, 0.1) is 25.3 Å². The van der Waals surface area contributed by atoms with Gasteiger partial charge in [-0.1, -0.05) is 44.2 Å². The van der Waals surface area contributed by atoms with Gasteiger partial charge in [-0.3, -0.25) is 4.79 Å². The second kappa shape index (κ2) is 9.25. The molecule has 0 fully saturated rings. The first-order chi connectivity index (χ1) is 13.3. The van der Waals surface area contributed by atoms with E-state index in [1.165, 1.54) is 7.11 Å². The normalized spacial score (nSPS) is 13.1. The third-order valence-electron chi connectivity index (χ3n) is 4.56. The molecule has 0 radical (unpaired) electrons. The molecule has 0 spiro atoms. The molecular formula is C22H26N2O4. The summed E-state index contributed by atoms with van der Waals surface area (Å²) in [5.74, 6) is 0.405. The smallest absolute Gasteiger partial charge is 0.262 e. The topological polar surface area (TPSA) is 91.6 Å². The van der Waals surface area contributed by atoms with Crippen LogP contribution in [0, 0.1) is 16.7 Å². The number of aliphatic hydroxyl groups is 1. The van der Waals surface area contributed by atoms with Crippen molar-refractivity contribution in [3.63, 3.8) is 0 Å². The van der Waals surface area contributed by atoms with Crippen molar-refractivity contribution in [3.8, 4) is 17.6 Å². The minimum atomic E-state index is -0.943. The lowest BCUT2D eigenvalue weighted by molar-refractivity contribution is -0.135. The molecule has 2 unspecified atom stereocenters. The monoisotopic (exact) mass is 382 g/mol. The van der Waals surface area contributed by atoms with Gasteiger partial charge in [0.2, 0.25) is 0 Å². The van der Waals surface area contributed by atoms with Gasteiger partial charge in [-0.25, -0.2) is 0 Å². The van der Waals surface area contributed by atoms with Crippen LogP contribution < -0.4 is 14.8 Å². The van der Waals surface area contributed by atoms with Gasteiger partial charge >= 0.3 is 0 Å². The fourth-order valence-corrected chi connectivity index (χ4v) is 2.74. The molecule has 2 aromatic carbocycles. The maximum absolute atomic E-state index is 13.0. The molecule has 6 nitrogen and oxygen atoms in total. The van der Waals surface area contributed by atoms with Crippen LogP contribution in [0.1, 0.15) is 37.9 Å². The Kier molecular flexibility index (Phi) is 7.02. The molecule has 2 atom stereocenters. The number of hydrogen-bond acceptors (Lipinski definition) is 5. The Morgan fingerprint density at radius 3 is 2.50 bits per heavy atom. The summed E-state index contributed by atoms with van der Waals surface area (Å²) in [7, 11) is 1.46. The van der Waals surface area contributed by atoms with E-state index in [1.807, 2.05) is 43.3 Å². The van der Waals surface area contributed by atoms with Crippen LogP contribution in [0.5, 0.6) is 11.5 Å². The van der Waals surface area contributed by atoms with Crippen LogP contribution in [0.25, 0.3) is 0 Å². The molecule has 28 heavy (non-hydrogen) atoms. The number of amides is 1. The third kappa shape index (κ3) is 5.02. The van der Waals surface area contributed by atoms with Crippen molar-refractivity contribution in [1.29, 1.82) is 5.26 Å². The standard InChI is InChI=1S/C22H26N2O4/c1-15(16-8-6-5-7-9-16)24-21(26)20(22(2,3)14-25)28-18-11-10-17(13-23)19(12-18)27-4/h5-12,15,20,25H,14H2,1-4H3,(H,24,26). The Hall–Kier alpha value is -3.04. The second-order valence-corrected chi connectivity index (χ2v) is 7.26. The number of carbonyl (C=O) groups is 1. The SMILES string of the molecule is COc1cc(OC(C(=O)NC(C)c2ccccc2)C(C)(C)CO)ccc1C#N. The molecule has 0 aliphatic heterocycles. The maximum atomic E-state index is 13.0. The Balaban J connectivity index is 2.25. The third-order valence-corrected chi connectivity index (χ3v) is 4.56. The van der Waals surface area contributed by atoms with Crippen molar-refractivity contribution in [1.82, 2.24) is 5.32 Å². The van der Waals surface area contributed by atoms with E-state index in [2.05, 4.69) is 5.32 Å². The number of nitriles is 1. The quantitative estimate of drug-likeness (QED) is 0.731. The van der Waals surface area contributed by atoms with Crippen LogP contribution in [-0.2, 0) is 4.79 Å². The van der Waals surface area contributed by atoms with Gasteiger partial charge in [0.1, 0.15) is 17.6 Å². The van der Waals surface area contributed by atoms with Crippen molar-refractivity contribution in [2.24, 2.45) is 5.41 Å². The zero-order valence-electron chi connectivity index (χ0n) is 16.6. The summed E-state index contributed by atoms with van der Waals surface area (Å²) in [4.78, 5) is 13.0. The molecule has 0 bridgehead atoms. The highest BCUT2D eigenvalue weighted by atomic mass is 16.5. The van der Waals surface area contributed by atoms with Gasteiger partial charge < -0.3 is 19.9 Å². The number of rotatable bonds is 8. The zero-order valence-corrected chi connectivity index (χ0v) is 16.6. The van der Waals surface area contributed by atoms with Crippen LogP contribution in [-0.4, -0.2) is 30.8 Å². The van der Waals surface area contributed by atoms with E-state index in [1.54, 1.807) is 32.0 Å². The zero-order chi connectivity index (χ0) is 20.7. The van der Waals surface area contributed by atoms with Gasteiger partial charge in [-0.2, -0.15) is 5.26 Å². The number of benzene rings is 2. The second-order valence-electron chi connectivity index (χ2n) is 7.26. The van der Waals surface area contributed by atoms with Gasteiger partial charge in [-0.15, -0.1) is 0 Å². The summed E-state index contributed by atoms with van der Waals surface area (Å²) in [6.45, 7) is 5.16. The number of ether oxygens (including phenoxy) is 2. The molecule has 0 aromatic heterocycles. The van der Waals surface area contributed by atoms with Gasteiger partial charge in [0.25, 0.3) is 5.91 Å². The molecule has 2 rings (SSSR count). The lowest BCUT2D eigenvalue weighted by Crippen LogP contribution is -2.49. The van der Waals surface area contributed by atoms with Crippen LogP contribution in [0.2, 0.25) is 0 Å². The van der Waals surface area contributed by atoms with E-state index in [0.29, 0.717) is 17.1 Å². The molecule has 148 valence electrons. The molecule has 0 aliphatic carbocycles. The van der Waals surface area contributed by atoms with Gasteiger partial charge in [0, 0.05) is 11.5 Å². The number of methoxy groups -OCH3 is 1. The van der Waals surface area contributed by atoms with Gasteiger partial charge in [-0.05, 0) is 24.6 Å². The first-order valence-corrected chi connectivity index (χ1v) is 9.03. The van der Waals surface area contributed by atoms with E-state index in [4.69, 9.17) is 14.7 Å². The van der Waals surface area contributed by atoms with Crippen LogP contribution in [0.4, 0.5) is 0 Å². The van der Waals surface area contributed by atoms with E-state index in [9.17, 15) is 9.90 Å². The predicted octanol–water partition coefficient (Wildman–Crippen LogP) is 3.21. The van der Waals surface area contributed by atoms with Gasteiger partial charge in [0.15, 0.2) is 6.10 Å². The minimum Gasteiger partial charge on any atom is -0.495 e. The number of nitrogens with one attached hydrogen (secondary N) is 1. The summed E-state index contributed by atoms with van der Waals surface area (Å²) in [6.07, 6.45) is -0.943. The first-order valence-electron chi connectivity index (χ1n) is 9.03. The first kappa shape index (κ1) is 21.3. The molecule has 1 amide bonds. The fourth-order valence-electron chi connectivity index (χ4n) is 2.74. The predicted molar refractivity (Wildman–Crippen MR) is 106 cm³/mol. The van der Waals surface area contributed by atoms with Crippen molar-refractivity contribution in [2.75, 3.05) is 13.7 Å². The lowest BCUT2D eigenvalue weighted by Gasteiger charge is -2.32.